The highest BCUT2D eigenvalue weighted by atomic mass is 16.1. The van der Waals surface area contributed by atoms with Crippen LogP contribution in [-0.4, -0.2) is 5.91 Å². The van der Waals surface area contributed by atoms with E-state index >= 15 is 0 Å². The Morgan fingerprint density at radius 2 is 2.50 bits per heavy atom. The Hall–Kier alpha value is -1.05. The lowest BCUT2D eigenvalue weighted by atomic mass is 9.93. The molecule has 0 aromatic heterocycles. The first-order valence-electron chi connectivity index (χ1n) is 4.38. The fourth-order valence-corrected chi connectivity index (χ4v) is 1.34. The highest BCUT2D eigenvalue weighted by Gasteiger charge is 2.07. The summed E-state index contributed by atoms with van der Waals surface area (Å²) in [7, 11) is 0. The van der Waals surface area contributed by atoms with Gasteiger partial charge < -0.3 is 5.73 Å². The van der Waals surface area contributed by atoms with Gasteiger partial charge in [-0.1, -0.05) is 25.2 Å². The highest BCUT2D eigenvalue weighted by molar-refractivity contribution is 5.77. The molecular formula is C10H15NO. The molecule has 0 aromatic carbocycles. The zero-order chi connectivity index (χ0) is 8.97. The van der Waals surface area contributed by atoms with Crippen LogP contribution in [0.3, 0.4) is 0 Å². The molecule has 2 N–H and O–H groups in total. The van der Waals surface area contributed by atoms with Crippen LogP contribution in [0.25, 0.3) is 0 Å². The predicted molar refractivity (Wildman–Crippen MR) is 49.4 cm³/mol. The molecule has 0 bridgehead atoms. The van der Waals surface area contributed by atoms with E-state index in [2.05, 4.69) is 19.1 Å². The molecule has 1 aliphatic carbocycles. The molecule has 0 spiro atoms. The van der Waals surface area contributed by atoms with Gasteiger partial charge in [-0.3, -0.25) is 4.79 Å². The molecular weight excluding hydrogens is 150 g/mol. The second kappa shape index (κ2) is 4.10. The summed E-state index contributed by atoms with van der Waals surface area (Å²) in [6.07, 6.45) is 8.89. The monoisotopic (exact) mass is 165 g/mol. The second-order valence-corrected chi connectivity index (χ2v) is 3.19. The number of hydrogen-bond donors (Lipinski definition) is 1. The Labute approximate surface area is 73.1 Å². The van der Waals surface area contributed by atoms with E-state index in [0.29, 0.717) is 12.3 Å². The minimum absolute atomic E-state index is 0.249. The number of nitrogens with two attached hydrogens (primary N) is 1. The van der Waals surface area contributed by atoms with E-state index in [-0.39, 0.29) is 5.91 Å². The van der Waals surface area contributed by atoms with Crippen molar-refractivity contribution in [1.82, 2.24) is 0 Å². The van der Waals surface area contributed by atoms with Gasteiger partial charge in [0.15, 0.2) is 0 Å². The number of carbonyl (C=O) groups excluding carboxylic acids is 1. The van der Waals surface area contributed by atoms with Crippen LogP contribution in [0.15, 0.2) is 23.8 Å². The normalized spacial score (nSPS) is 22.1. The molecule has 0 aromatic rings. The maximum Gasteiger partial charge on any atom is 0.221 e. The Bertz CT molecular complexity index is 228. The average molecular weight is 165 g/mol. The third kappa shape index (κ3) is 2.53. The van der Waals surface area contributed by atoms with Crippen molar-refractivity contribution in [3.8, 4) is 0 Å². The lowest BCUT2D eigenvalue weighted by Crippen LogP contribution is -2.11. The first-order chi connectivity index (χ1) is 5.72. The van der Waals surface area contributed by atoms with Gasteiger partial charge in [0.05, 0.1) is 6.42 Å². The Kier molecular flexibility index (Phi) is 3.09. The molecule has 0 radical (unpaired) electrons. The van der Waals surface area contributed by atoms with Crippen LogP contribution in [0.5, 0.6) is 0 Å². The molecule has 0 fully saturated rings. The summed E-state index contributed by atoms with van der Waals surface area (Å²) in [6, 6.07) is 0. The van der Waals surface area contributed by atoms with Crippen LogP contribution < -0.4 is 5.73 Å². The largest absolute Gasteiger partial charge is 0.369 e. The number of rotatable bonds is 3. The summed E-state index contributed by atoms with van der Waals surface area (Å²) in [5.41, 5.74) is 6.14. The van der Waals surface area contributed by atoms with E-state index < -0.39 is 0 Å². The molecule has 0 aliphatic heterocycles. The number of primary amides is 1. The summed E-state index contributed by atoms with van der Waals surface area (Å²) in [6.45, 7) is 2.17. The molecule has 1 unspecified atom stereocenters. The Morgan fingerprint density at radius 1 is 1.75 bits per heavy atom. The van der Waals surface area contributed by atoms with Crippen molar-refractivity contribution in [1.29, 1.82) is 0 Å². The zero-order valence-electron chi connectivity index (χ0n) is 7.42. The SMILES string of the molecule is CCC1C=CC(CC(N)=O)=CC1. The minimum Gasteiger partial charge on any atom is -0.369 e. The van der Waals surface area contributed by atoms with Crippen molar-refractivity contribution in [2.75, 3.05) is 0 Å². The topological polar surface area (TPSA) is 43.1 Å². The molecule has 1 rings (SSSR count). The smallest absolute Gasteiger partial charge is 0.221 e. The minimum atomic E-state index is -0.249. The molecule has 1 aliphatic rings. The van der Waals surface area contributed by atoms with E-state index in [1.54, 1.807) is 0 Å². The maximum atomic E-state index is 10.6. The number of hydrogen-bond acceptors (Lipinski definition) is 1. The molecule has 2 nitrogen and oxygen atoms in total. The van der Waals surface area contributed by atoms with Gasteiger partial charge in [0.1, 0.15) is 0 Å². The summed E-state index contributed by atoms with van der Waals surface area (Å²) in [4.78, 5) is 10.6. The quantitative estimate of drug-likeness (QED) is 0.680. The van der Waals surface area contributed by atoms with Gasteiger partial charge in [-0.2, -0.15) is 0 Å². The van der Waals surface area contributed by atoms with Gasteiger partial charge in [-0.05, 0) is 24.3 Å². The van der Waals surface area contributed by atoms with E-state index in [1.807, 2.05) is 6.08 Å². The molecule has 1 atom stereocenters. The van der Waals surface area contributed by atoms with E-state index in [0.717, 1.165) is 18.4 Å². The lowest BCUT2D eigenvalue weighted by Gasteiger charge is -2.12. The van der Waals surface area contributed by atoms with Gasteiger partial charge in [0.2, 0.25) is 5.91 Å². The summed E-state index contributed by atoms with van der Waals surface area (Å²) in [5, 5.41) is 0. The van der Waals surface area contributed by atoms with Gasteiger partial charge in [-0.25, -0.2) is 0 Å². The van der Waals surface area contributed by atoms with E-state index in [4.69, 9.17) is 5.73 Å². The average Bonchev–Trinajstić information content (AvgIpc) is 2.05. The van der Waals surface area contributed by atoms with E-state index in [1.165, 1.54) is 0 Å². The number of amides is 1. The molecule has 0 heterocycles. The molecule has 2 heteroatoms. The Morgan fingerprint density at radius 3 is 2.92 bits per heavy atom. The molecule has 0 saturated heterocycles. The first-order valence-corrected chi connectivity index (χ1v) is 4.38. The van der Waals surface area contributed by atoms with Gasteiger partial charge in [-0.15, -0.1) is 0 Å². The van der Waals surface area contributed by atoms with Crippen molar-refractivity contribution in [2.24, 2.45) is 11.7 Å². The van der Waals surface area contributed by atoms with Crippen LogP contribution in [0, 0.1) is 5.92 Å². The fraction of sp³-hybridized carbons (Fsp3) is 0.500. The van der Waals surface area contributed by atoms with Gasteiger partial charge in [0, 0.05) is 0 Å². The zero-order valence-corrected chi connectivity index (χ0v) is 7.42. The number of allylic oxidation sites excluding steroid dienone is 3. The van der Waals surface area contributed by atoms with E-state index in [9.17, 15) is 4.79 Å². The van der Waals surface area contributed by atoms with Gasteiger partial charge >= 0.3 is 0 Å². The third-order valence-corrected chi connectivity index (χ3v) is 2.17. The Balaban J connectivity index is 2.46. The van der Waals surface area contributed by atoms with Crippen LogP contribution in [0.1, 0.15) is 26.2 Å². The molecule has 66 valence electrons. The van der Waals surface area contributed by atoms with Crippen molar-refractivity contribution < 1.29 is 4.79 Å². The summed E-state index contributed by atoms with van der Waals surface area (Å²) < 4.78 is 0. The lowest BCUT2D eigenvalue weighted by molar-refractivity contribution is -0.117. The van der Waals surface area contributed by atoms with Crippen molar-refractivity contribution in [3.63, 3.8) is 0 Å². The first kappa shape index (κ1) is 9.04. The molecule has 0 saturated carbocycles. The number of carbonyl (C=O) groups is 1. The third-order valence-electron chi connectivity index (χ3n) is 2.17. The van der Waals surface area contributed by atoms with Crippen molar-refractivity contribution >= 4 is 5.91 Å². The van der Waals surface area contributed by atoms with Crippen LogP contribution in [0.2, 0.25) is 0 Å². The summed E-state index contributed by atoms with van der Waals surface area (Å²) >= 11 is 0. The fourth-order valence-electron chi connectivity index (χ4n) is 1.34. The molecule has 12 heavy (non-hydrogen) atoms. The van der Waals surface area contributed by atoms with Crippen LogP contribution in [0.4, 0.5) is 0 Å². The van der Waals surface area contributed by atoms with Gasteiger partial charge in [0.25, 0.3) is 0 Å². The molecule has 1 amide bonds. The maximum absolute atomic E-state index is 10.6. The standard InChI is InChI=1S/C10H15NO/c1-2-8-3-5-9(6-4-8)7-10(11)12/h3,5-6,8H,2,4,7H2,1H3,(H2,11,12). The van der Waals surface area contributed by atoms with Crippen molar-refractivity contribution in [2.45, 2.75) is 26.2 Å². The summed E-state index contributed by atoms with van der Waals surface area (Å²) in [5.74, 6) is 0.405. The van der Waals surface area contributed by atoms with Crippen LogP contribution >= 0.6 is 0 Å². The predicted octanol–water partition coefficient (Wildman–Crippen LogP) is 1.77. The van der Waals surface area contributed by atoms with Crippen molar-refractivity contribution in [3.05, 3.63) is 23.8 Å². The highest BCUT2D eigenvalue weighted by Crippen LogP contribution is 2.20. The second-order valence-electron chi connectivity index (χ2n) is 3.19. The van der Waals surface area contributed by atoms with Crippen LogP contribution in [-0.2, 0) is 4.79 Å².